The van der Waals surface area contributed by atoms with Gasteiger partial charge in [0.2, 0.25) is 0 Å². The molecule has 2 aromatic rings. The van der Waals surface area contributed by atoms with Crippen LogP contribution in [0.1, 0.15) is 5.69 Å². The van der Waals surface area contributed by atoms with Gasteiger partial charge in [-0.3, -0.25) is 0 Å². The average molecular weight is 372 g/mol. The molecule has 1 heterocycles. The molecule has 8 heteroatoms. The number of nitrogens with zero attached hydrogens (tertiary/aromatic N) is 1. The van der Waals surface area contributed by atoms with E-state index in [0.717, 1.165) is 0 Å². The molecule has 1 N–H and O–H groups in total. The SMILES string of the molecule is O=S(=O)([O-])CCc1cccc[n+]1C[C@@H](O)COc1ccccc1Cl. The summed E-state index contributed by atoms with van der Waals surface area (Å²) in [4.78, 5) is 0. The van der Waals surface area contributed by atoms with Gasteiger partial charge in [0.15, 0.2) is 18.4 Å². The summed E-state index contributed by atoms with van der Waals surface area (Å²) >= 11 is 5.98. The molecule has 0 aliphatic rings. The molecule has 1 aromatic heterocycles. The third kappa shape index (κ3) is 6.09. The van der Waals surface area contributed by atoms with Crippen molar-refractivity contribution in [2.45, 2.75) is 19.1 Å². The first-order valence-corrected chi connectivity index (χ1v) is 9.27. The second-order valence-electron chi connectivity index (χ2n) is 5.25. The Morgan fingerprint density at radius 1 is 1.21 bits per heavy atom. The average Bonchev–Trinajstić information content (AvgIpc) is 2.52. The number of para-hydroxylation sites is 1. The first-order chi connectivity index (χ1) is 11.3. The van der Waals surface area contributed by atoms with Crippen LogP contribution < -0.4 is 9.30 Å². The van der Waals surface area contributed by atoms with Crippen molar-refractivity contribution in [2.24, 2.45) is 0 Å². The molecular formula is C16H18ClNO5S. The Balaban J connectivity index is 1.96. The number of aryl methyl sites for hydroxylation is 1. The number of benzene rings is 1. The maximum absolute atomic E-state index is 10.8. The lowest BCUT2D eigenvalue weighted by molar-refractivity contribution is -0.710. The second-order valence-corrected chi connectivity index (χ2v) is 7.18. The molecule has 1 aromatic carbocycles. The Morgan fingerprint density at radius 2 is 1.92 bits per heavy atom. The number of hydrogen-bond acceptors (Lipinski definition) is 5. The van der Waals surface area contributed by atoms with Crippen LogP contribution in [0.3, 0.4) is 0 Å². The molecule has 24 heavy (non-hydrogen) atoms. The molecule has 0 saturated heterocycles. The summed E-state index contributed by atoms with van der Waals surface area (Å²) in [6, 6.07) is 12.2. The summed E-state index contributed by atoms with van der Waals surface area (Å²) in [7, 11) is -4.28. The lowest BCUT2D eigenvalue weighted by atomic mass is 10.2. The topological polar surface area (TPSA) is 90.5 Å². The first kappa shape index (κ1) is 18.7. The molecule has 2 rings (SSSR count). The van der Waals surface area contributed by atoms with Crippen molar-refractivity contribution in [3.05, 3.63) is 59.4 Å². The van der Waals surface area contributed by atoms with Crippen LogP contribution in [0.5, 0.6) is 5.75 Å². The van der Waals surface area contributed by atoms with Gasteiger partial charge in [0, 0.05) is 24.3 Å². The van der Waals surface area contributed by atoms with E-state index in [4.69, 9.17) is 16.3 Å². The Kier molecular flexibility index (Phi) is 6.56. The van der Waals surface area contributed by atoms with E-state index in [1.54, 1.807) is 53.2 Å². The van der Waals surface area contributed by atoms with Crippen LogP contribution in [0.2, 0.25) is 5.02 Å². The minimum absolute atomic E-state index is 0.0327. The zero-order valence-corrected chi connectivity index (χ0v) is 14.4. The molecule has 130 valence electrons. The van der Waals surface area contributed by atoms with Gasteiger partial charge in [-0.15, -0.1) is 0 Å². The number of aromatic nitrogens is 1. The number of halogens is 1. The van der Waals surface area contributed by atoms with Crippen LogP contribution in [-0.2, 0) is 23.1 Å². The summed E-state index contributed by atoms with van der Waals surface area (Å²) in [6.07, 6.45) is 0.979. The normalized spacial score (nSPS) is 12.8. The summed E-state index contributed by atoms with van der Waals surface area (Å²) < 4.78 is 39.5. The number of pyridine rings is 1. The second kappa shape index (κ2) is 8.43. The zero-order valence-electron chi connectivity index (χ0n) is 12.8. The molecule has 6 nitrogen and oxygen atoms in total. The van der Waals surface area contributed by atoms with E-state index in [1.807, 2.05) is 0 Å². The fourth-order valence-corrected chi connectivity index (χ4v) is 2.82. The fourth-order valence-electron chi connectivity index (χ4n) is 2.17. The fraction of sp³-hybridized carbons (Fsp3) is 0.312. The quantitative estimate of drug-likeness (QED) is 0.555. The standard InChI is InChI=1S/C16H18ClNO5S/c17-15-6-1-2-7-16(15)23-12-14(19)11-18-9-4-3-5-13(18)8-10-24(20,21)22/h1-7,9,14,19H,8,10-12H2/t14-/m1/s1. The van der Waals surface area contributed by atoms with Crippen molar-refractivity contribution in [3.63, 3.8) is 0 Å². The minimum Gasteiger partial charge on any atom is -0.748 e. The van der Waals surface area contributed by atoms with Crippen LogP contribution in [-0.4, -0.2) is 36.5 Å². The van der Waals surface area contributed by atoms with Crippen LogP contribution in [0, 0.1) is 0 Å². The van der Waals surface area contributed by atoms with Gasteiger partial charge in [0.05, 0.1) is 15.1 Å². The molecule has 0 saturated carbocycles. The number of aliphatic hydroxyl groups is 1. The van der Waals surface area contributed by atoms with Gasteiger partial charge in [-0.2, -0.15) is 4.57 Å². The lowest BCUT2D eigenvalue weighted by Gasteiger charge is -2.12. The highest BCUT2D eigenvalue weighted by atomic mass is 35.5. The van der Waals surface area contributed by atoms with E-state index in [1.165, 1.54) is 0 Å². The predicted molar refractivity (Wildman–Crippen MR) is 87.9 cm³/mol. The molecular weight excluding hydrogens is 354 g/mol. The lowest BCUT2D eigenvalue weighted by Crippen LogP contribution is -2.45. The van der Waals surface area contributed by atoms with Gasteiger partial charge >= 0.3 is 0 Å². The predicted octanol–water partition coefficient (Wildman–Crippen LogP) is 1.16. The third-order valence-corrected chi connectivity index (χ3v) is 4.33. The molecule has 0 unspecified atom stereocenters. The first-order valence-electron chi connectivity index (χ1n) is 7.31. The summed E-state index contributed by atoms with van der Waals surface area (Å²) in [6.45, 7) is 0.241. The Bertz CT molecular complexity index is 782. The minimum atomic E-state index is -4.28. The number of rotatable bonds is 8. The van der Waals surface area contributed by atoms with Crippen LogP contribution in [0.15, 0.2) is 48.7 Å². The smallest absolute Gasteiger partial charge is 0.182 e. The summed E-state index contributed by atoms with van der Waals surface area (Å²) in [5.41, 5.74) is 0.647. The van der Waals surface area contributed by atoms with Crippen molar-refractivity contribution in [1.82, 2.24) is 0 Å². The molecule has 0 radical (unpaired) electrons. The maximum Gasteiger partial charge on any atom is 0.182 e. The van der Waals surface area contributed by atoms with Crippen molar-refractivity contribution in [1.29, 1.82) is 0 Å². The van der Waals surface area contributed by atoms with Crippen LogP contribution in [0.25, 0.3) is 0 Å². The number of hydrogen-bond donors (Lipinski definition) is 1. The van der Waals surface area contributed by atoms with Crippen molar-refractivity contribution < 1.29 is 27.4 Å². The number of ether oxygens (including phenoxy) is 1. The van der Waals surface area contributed by atoms with Crippen LogP contribution in [0.4, 0.5) is 0 Å². The molecule has 0 aliphatic heterocycles. The third-order valence-electron chi connectivity index (χ3n) is 3.32. The maximum atomic E-state index is 10.8. The van der Waals surface area contributed by atoms with Gasteiger partial charge in [0.25, 0.3) is 0 Å². The highest BCUT2D eigenvalue weighted by Gasteiger charge is 2.17. The monoisotopic (exact) mass is 371 g/mol. The molecule has 0 spiro atoms. The Morgan fingerprint density at radius 3 is 2.62 bits per heavy atom. The summed E-state index contributed by atoms with van der Waals surface area (Å²) in [5, 5.41) is 10.6. The van der Waals surface area contributed by atoms with Gasteiger partial charge in [-0.1, -0.05) is 29.8 Å². The molecule has 0 aliphatic carbocycles. The van der Waals surface area contributed by atoms with E-state index < -0.39 is 22.0 Å². The summed E-state index contributed by atoms with van der Waals surface area (Å²) in [5.74, 6) is -0.00240. The highest BCUT2D eigenvalue weighted by molar-refractivity contribution is 7.85. The van der Waals surface area contributed by atoms with Gasteiger partial charge in [-0.05, 0) is 12.1 Å². The van der Waals surface area contributed by atoms with E-state index in [2.05, 4.69) is 0 Å². The highest BCUT2D eigenvalue weighted by Crippen LogP contribution is 2.23. The van der Waals surface area contributed by atoms with Gasteiger partial charge in [-0.25, -0.2) is 8.42 Å². The Hall–Kier alpha value is -1.67. The van der Waals surface area contributed by atoms with E-state index in [-0.39, 0.29) is 19.6 Å². The molecule has 1 atom stereocenters. The van der Waals surface area contributed by atoms with E-state index in [0.29, 0.717) is 16.5 Å². The Labute approximate surface area is 146 Å². The van der Waals surface area contributed by atoms with Gasteiger partial charge in [0.1, 0.15) is 18.5 Å². The van der Waals surface area contributed by atoms with E-state index in [9.17, 15) is 18.1 Å². The van der Waals surface area contributed by atoms with Crippen molar-refractivity contribution in [2.75, 3.05) is 12.4 Å². The van der Waals surface area contributed by atoms with Gasteiger partial charge < -0.3 is 14.4 Å². The molecule has 0 bridgehead atoms. The number of aliphatic hydroxyl groups excluding tert-OH is 1. The molecule has 0 amide bonds. The largest absolute Gasteiger partial charge is 0.748 e. The van der Waals surface area contributed by atoms with Crippen molar-refractivity contribution in [3.8, 4) is 5.75 Å². The van der Waals surface area contributed by atoms with Crippen molar-refractivity contribution >= 4 is 21.7 Å². The van der Waals surface area contributed by atoms with Crippen LogP contribution >= 0.6 is 11.6 Å². The van der Waals surface area contributed by atoms with E-state index >= 15 is 0 Å². The molecule has 0 fully saturated rings. The zero-order chi connectivity index (χ0) is 17.6.